The van der Waals surface area contributed by atoms with Crippen molar-refractivity contribution in [3.63, 3.8) is 0 Å². The fourth-order valence-corrected chi connectivity index (χ4v) is 2.46. The molecule has 4 nitrogen and oxygen atoms in total. The summed E-state index contributed by atoms with van der Waals surface area (Å²) in [4.78, 5) is 26.2. The summed E-state index contributed by atoms with van der Waals surface area (Å²) in [7, 11) is 0. The topological polar surface area (TPSA) is 46.6 Å². The van der Waals surface area contributed by atoms with Crippen molar-refractivity contribution in [3.8, 4) is 0 Å². The van der Waals surface area contributed by atoms with Crippen LogP contribution >= 0.6 is 0 Å². The largest absolute Gasteiger partial charge is 0.449 e. The molecular formula is C18H29NO3. The molecule has 124 valence electrons. The lowest BCUT2D eigenvalue weighted by atomic mass is 9.90. The van der Waals surface area contributed by atoms with Gasteiger partial charge in [0, 0.05) is 6.54 Å². The molecule has 0 fully saturated rings. The van der Waals surface area contributed by atoms with E-state index >= 15 is 0 Å². The summed E-state index contributed by atoms with van der Waals surface area (Å²) in [6.45, 7) is 6.95. The van der Waals surface area contributed by atoms with Gasteiger partial charge in [-0.15, -0.1) is 0 Å². The number of nitrogens with zero attached hydrogens (tertiary/aromatic N) is 1. The summed E-state index contributed by atoms with van der Waals surface area (Å²) >= 11 is 0. The molecule has 0 aromatic rings. The van der Waals surface area contributed by atoms with Crippen molar-refractivity contribution in [3.05, 3.63) is 24.3 Å². The second-order valence-corrected chi connectivity index (χ2v) is 5.91. The number of hydrogen-bond acceptors (Lipinski definition) is 3. The number of ketones is 1. The molecule has 0 saturated heterocycles. The van der Waals surface area contributed by atoms with E-state index in [1.807, 2.05) is 6.08 Å². The molecule has 0 aliphatic heterocycles. The van der Waals surface area contributed by atoms with Gasteiger partial charge in [-0.2, -0.15) is 0 Å². The van der Waals surface area contributed by atoms with Crippen LogP contribution in [0.5, 0.6) is 0 Å². The maximum absolute atomic E-state index is 12.4. The number of carbonyl (C=O) groups excluding carboxylic acids is 2. The molecular weight excluding hydrogens is 278 g/mol. The molecule has 0 heterocycles. The molecule has 0 aromatic carbocycles. The highest BCUT2D eigenvalue weighted by atomic mass is 16.6. The Labute approximate surface area is 134 Å². The minimum absolute atomic E-state index is 0.0750. The number of allylic oxidation sites excluding steroid dienone is 2. The third-order valence-electron chi connectivity index (χ3n) is 4.02. The first-order valence-electron chi connectivity index (χ1n) is 8.41. The van der Waals surface area contributed by atoms with Crippen molar-refractivity contribution in [2.24, 2.45) is 0 Å². The Kier molecular flexibility index (Phi) is 7.92. The van der Waals surface area contributed by atoms with Crippen LogP contribution in [0.3, 0.4) is 0 Å². The Hall–Kier alpha value is -1.58. The van der Waals surface area contributed by atoms with Crippen molar-refractivity contribution in [2.75, 3.05) is 13.2 Å². The average Bonchev–Trinajstić information content (AvgIpc) is 2.50. The summed E-state index contributed by atoms with van der Waals surface area (Å²) in [5.41, 5.74) is -0.926. The Morgan fingerprint density at radius 2 is 1.86 bits per heavy atom. The van der Waals surface area contributed by atoms with Crippen LogP contribution in [-0.4, -0.2) is 35.5 Å². The zero-order valence-corrected chi connectivity index (χ0v) is 14.1. The molecule has 22 heavy (non-hydrogen) atoms. The summed E-state index contributed by atoms with van der Waals surface area (Å²) < 4.78 is 5.39. The molecule has 0 saturated carbocycles. The van der Waals surface area contributed by atoms with Crippen molar-refractivity contribution >= 4 is 11.9 Å². The van der Waals surface area contributed by atoms with E-state index in [0.29, 0.717) is 13.2 Å². The second kappa shape index (κ2) is 9.44. The first-order valence-corrected chi connectivity index (χ1v) is 8.41. The van der Waals surface area contributed by atoms with E-state index < -0.39 is 5.54 Å². The Balaban J connectivity index is 2.67. The van der Waals surface area contributed by atoms with E-state index in [4.69, 9.17) is 4.74 Å². The maximum Gasteiger partial charge on any atom is 0.410 e. The Morgan fingerprint density at radius 3 is 2.50 bits per heavy atom. The number of hydrogen-bond donors (Lipinski definition) is 0. The smallest absolute Gasteiger partial charge is 0.410 e. The molecule has 1 amide bonds. The standard InChI is InChI=1S/C18H29NO3/c1-4-6-8-11-15-22-17(21)19(14-7-5-2)18(3)13-10-9-12-16(18)20/h9-10,12-13H,4-8,11,14-15H2,1-3H3. The summed E-state index contributed by atoms with van der Waals surface area (Å²) in [6, 6.07) is 0. The molecule has 0 aromatic heterocycles. The van der Waals surface area contributed by atoms with E-state index in [9.17, 15) is 9.59 Å². The Morgan fingerprint density at radius 1 is 1.14 bits per heavy atom. The van der Waals surface area contributed by atoms with E-state index in [-0.39, 0.29) is 11.9 Å². The van der Waals surface area contributed by atoms with Gasteiger partial charge in [0.25, 0.3) is 0 Å². The summed E-state index contributed by atoms with van der Waals surface area (Å²) in [5.74, 6) is -0.0750. The van der Waals surface area contributed by atoms with Crippen LogP contribution in [-0.2, 0) is 9.53 Å². The molecule has 1 unspecified atom stereocenters. The van der Waals surface area contributed by atoms with Crippen molar-refractivity contribution in [1.82, 2.24) is 4.90 Å². The first-order chi connectivity index (χ1) is 10.6. The van der Waals surface area contributed by atoms with Gasteiger partial charge in [0.2, 0.25) is 0 Å². The van der Waals surface area contributed by atoms with Gasteiger partial charge in [-0.3, -0.25) is 9.69 Å². The zero-order valence-electron chi connectivity index (χ0n) is 14.1. The highest BCUT2D eigenvalue weighted by molar-refractivity contribution is 6.02. The number of unbranched alkanes of at least 4 members (excludes halogenated alkanes) is 4. The third kappa shape index (κ3) is 5.00. The summed E-state index contributed by atoms with van der Waals surface area (Å²) in [5, 5.41) is 0. The second-order valence-electron chi connectivity index (χ2n) is 5.91. The molecule has 0 radical (unpaired) electrons. The minimum atomic E-state index is -0.926. The number of rotatable bonds is 9. The maximum atomic E-state index is 12.4. The number of carbonyl (C=O) groups is 2. The zero-order chi connectivity index (χ0) is 16.4. The fraction of sp³-hybridized carbons (Fsp3) is 0.667. The molecule has 1 aliphatic carbocycles. The van der Waals surface area contributed by atoms with Gasteiger partial charge in [-0.05, 0) is 25.8 Å². The SMILES string of the molecule is CCCCCCOC(=O)N(CCCC)C1(C)C=CC=CC1=O. The predicted molar refractivity (Wildman–Crippen MR) is 88.8 cm³/mol. The van der Waals surface area contributed by atoms with E-state index in [2.05, 4.69) is 13.8 Å². The van der Waals surface area contributed by atoms with Crippen LogP contribution in [0.1, 0.15) is 59.3 Å². The van der Waals surface area contributed by atoms with Crippen molar-refractivity contribution < 1.29 is 14.3 Å². The molecule has 0 N–H and O–H groups in total. The van der Waals surface area contributed by atoms with Crippen LogP contribution in [0, 0.1) is 0 Å². The van der Waals surface area contributed by atoms with Crippen molar-refractivity contribution in [1.29, 1.82) is 0 Å². The van der Waals surface area contributed by atoms with E-state index in [1.54, 1.807) is 24.0 Å². The molecule has 1 aliphatic rings. The van der Waals surface area contributed by atoms with E-state index in [1.165, 1.54) is 6.08 Å². The molecule has 4 heteroatoms. The van der Waals surface area contributed by atoms with Crippen LogP contribution in [0.2, 0.25) is 0 Å². The molecule has 1 rings (SSSR count). The monoisotopic (exact) mass is 307 g/mol. The quantitative estimate of drug-likeness (QED) is 0.598. The Bertz CT molecular complexity index is 428. The lowest BCUT2D eigenvalue weighted by molar-refractivity contribution is -0.122. The van der Waals surface area contributed by atoms with Gasteiger partial charge in [0.1, 0.15) is 5.54 Å². The third-order valence-corrected chi connectivity index (χ3v) is 4.02. The number of ether oxygens (including phenoxy) is 1. The van der Waals surface area contributed by atoms with Gasteiger partial charge in [-0.1, -0.05) is 57.8 Å². The average molecular weight is 307 g/mol. The van der Waals surface area contributed by atoms with Gasteiger partial charge >= 0.3 is 6.09 Å². The minimum Gasteiger partial charge on any atom is -0.449 e. The van der Waals surface area contributed by atoms with Gasteiger partial charge < -0.3 is 4.74 Å². The van der Waals surface area contributed by atoms with Gasteiger partial charge in [0.15, 0.2) is 5.78 Å². The van der Waals surface area contributed by atoms with Crippen molar-refractivity contribution in [2.45, 2.75) is 64.8 Å². The molecule has 0 bridgehead atoms. The first kappa shape index (κ1) is 18.5. The lowest BCUT2D eigenvalue weighted by Crippen LogP contribution is -2.54. The van der Waals surface area contributed by atoms with Crippen LogP contribution in [0.15, 0.2) is 24.3 Å². The fourth-order valence-electron chi connectivity index (χ4n) is 2.46. The predicted octanol–water partition coefficient (Wildman–Crippen LogP) is 4.26. The van der Waals surface area contributed by atoms with E-state index in [0.717, 1.165) is 38.5 Å². The highest BCUT2D eigenvalue weighted by Crippen LogP contribution is 2.24. The van der Waals surface area contributed by atoms with Crippen LogP contribution < -0.4 is 0 Å². The van der Waals surface area contributed by atoms with Crippen LogP contribution in [0.25, 0.3) is 0 Å². The molecule has 0 spiro atoms. The normalized spacial score (nSPS) is 20.2. The lowest BCUT2D eigenvalue weighted by Gasteiger charge is -2.37. The number of amides is 1. The highest BCUT2D eigenvalue weighted by Gasteiger charge is 2.39. The van der Waals surface area contributed by atoms with Crippen LogP contribution in [0.4, 0.5) is 4.79 Å². The molecule has 1 atom stereocenters. The van der Waals surface area contributed by atoms with Gasteiger partial charge in [-0.25, -0.2) is 4.79 Å². The summed E-state index contributed by atoms with van der Waals surface area (Å²) in [6.07, 6.45) is 12.5. The van der Waals surface area contributed by atoms with Gasteiger partial charge in [0.05, 0.1) is 6.61 Å².